The van der Waals surface area contributed by atoms with Gasteiger partial charge in [0.15, 0.2) is 12.0 Å². The molecule has 0 amide bonds. The Hall–Kier alpha value is -3.16. The van der Waals surface area contributed by atoms with Crippen molar-refractivity contribution in [3.05, 3.63) is 83.7 Å². The van der Waals surface area contributed by atoms with Gasteiger partial charge in [-0.1, -0.05) is 12.1 Å². The highest BCUT2D eigenvalue weighted by Gasteiger charge is 2.32. The minimum Gasteiger partial charge on any atom is -0.497 e. The Morgan fingerprint density at radius 1 is 0.939 bits per heavy atom. The standard InChI is InChI=1S/C26H23FO5S/c1-29-21-13-14-22-23(16-21)33(28)26(17-5-7-18(27)8-6-17)25(22)32-20-11-9-19(10-12-20)31-24-4-2-3-15-30-24/h5-14,16,24H,2-4,15H2,1H3. The van der Waals surface area contributed by atoms with Crippen molar-refractivity contribution in [2.75, 3.05) is 13.7 Å². The van der Waals surface area contributed by atoms with E-state index in [9.17, 15) is 8.60 Å². The molecule has 0 aliphatic carbocycles. The van der Waals surface area contributed by atoms with Crippen molar-refractivity contribution in [1.29, 1.82) is 0 Å². The molecule has 2 atom stereocenters. The minimum atomic E-state index is -1.51. The summed E-state index contributed by atoms with van der Waals surface area (Å²) in [5.41, 5.74) is 1.35. The van der Waals surface area contributed by atoms with E-state index >= 15 is 0 Å². The topological polar surface area (TPSA) is 54.0 Å². The van der Waals surface area contributed by atoms with Crippen molar-refractivity contribution in [3.63, 3.8) is 0 Å². The van der Waals surface area contributed by atoms with Gasteiger partial charge in [-0.05, 0) is 73.0 Å². The SMILES string of the molecule is COc1ccc2c(c1)S(=O)C(c1ccc(F)cc1)=C2Oc1ccc(OC2CCCCO2)cc1. The Labute approximate surface area is 194 Å². The average molecular weight is 467 g/mol. The van der Waals surface area contributed by atoms with Gasteiger partial charge in [-0.3, -0.25) is 0 Å². The monoisotopic (exact) mass is 466 g/mol. The lowest BCUT2D eigenvalue weighted by atomic mass is 10.1. The third-order valence-corrected chi connectivity index (χ3v) is 7.11. The second-order valence-corrected chi connectivity index (χ2v) is 9.17. The van der Waals surface area contributed by atoms with E-state index in [1.165, 1.54) is 12.1 Å². The van der Waals surface area contributed by atoms with Crippen LogP contribution in [-0.2, 0) is 15.5 Å². The predicted octanol–water partition coefficient (Wildman–Crippen LogP) is 5.77. The summed E-state index contributed by atoms with van der Waals surface area (Å²) in [6.45, 7) is 0.716. The second kappa shape index (κ2) is 9.37. The fourth-order valence-corrected chi connectivity index (χ4v) is 5.36. The quantitative estimate of drug-likeness (QED) is 0.462. The molecule has 2 aliphatic heterocycles. The fourth-order valence-electron chi connectivity index (χ4n) is 3.89. The highest BCUT2D eigenvalue weighted by molar-refractivity contribution is 7.95. The van der Waals surface area contributed by atoms with E-state index in [1.807, 2.05) is 18.2 Å². The molecule has 2 aliphatic rings. The molecular formula is C26H23FO5S. The van der Waals surface area contributed by atoms with E-state index in [-0.39, 0.29) is 12.1 Å². The molecule has 7 heteroatoms. The van der Waals surface area contributed by atoms with Gasteiger partial charge in [0, 0.05) is 12.0 Å². The third-order valence-electron chi connectivity index (χ3n) is 5.58. The minimum absolute atomic E-state index is 0.225. The summed E-state index contributed by atoms with van der Waals surface area (Å²) in [6, 6.07) is 18.5. The van der Waals surface area contributed by atoms with Crippen LogP contribution in [-0.4, -0.2) is 24.2 Å². The van der Waals surface area contributed by atoms with Gasteiger partial charge >= 0.3 is 0 Å². The Bertz CT molecular complexity index is 1200. The summed E-state index contributed by atoms with van der Waals surface area (Å²) in [5.74, 6) is 1.99. The van der Waals surface area contributed by atoms with Gasteiger partial charge in [0.1, 0.15) is 23.1 Å². The molecule has 1 saturated heterocycles. The first kappa shape index (κ1) is 21.7. The summed E-state index contributed by atoms with van der Waals surface area (Å²) in [4.78, 5) is 1.09. The van der Waals surface area contributed by atoms with Crippen LogP contribution in [0.2, 0.25) is 0 Å². The number of methoxy groups -OCH3 is 1. The van der Waals surface area contributed by atoms with E-state index in [2.05, 4.69) is 0 Å². The summed E-state index contributed by atoms with van der Waals surface area (Å²) in [7, 11) is 0.0556. The predicted molar refractivity (Wildman–Crippen MR) is 124 cm³/mol. The smallest absolute Gasteiger partial charge is 0.199 e. The molecule has 0 N–H and O–H groups in total. The molecule has 0 radical (unpaired) electrons. The molecule has 5 nitrogen and oxygen atoms in total. The maximum Gasteiger partial charge on any atom is 0.199 e. The maximum absolute atomic E-state index is 13.5. The molecule has 170 valence electrons. The Balaban J connectivity index is 1.46. The molecule has 0 spiro atoms. The Kier molecular flexibility index (Phi) is 6.15. The first-order valence-electron chi connectivity index (χ1n) is 10.8. The van der Waals surface area contributed by atoms with Crippen LogP contribution in [0.3, 0.4) is 0 Å². The lowest BCUT2D eigenvalue weighted by Crippen LogP contribution is -2.24. The Morgan fingerprint density at radius 3 is 2.36 bits per heavy atom. The fraction of sp³-hybridized carbons (Fsp3) is 0.231. The van der Waals surface area contributed by atoms with Gasteiger partial charge < -0.3 is 18.9 Å². The Morgan fingerprint density at radius 2 is 1.67 bits per heavy atom. The van der Waals surface area contributed by atoms with Crippen molar-refractivity contribution in [1.82, 2.24) is 0 Å². The molecule has 0 bridgehead atoms. The summed E-state index contributed by atoms with van der Waals surface area (Å²) >= 11 is 0. The maximum atomic E-state index is 13.5. The van der Waals surface area contributed by atoms with E-state index in [4.69, 9.17) is 18.9 Å². The molecule has 0 saturated carbocycles. The number of hydrogen-bond acceptors (Lipinski definition) is 5. The van der Waals surface area contributed by atoms with Gasteiger partial charge in [0.2, 0.25) is 0 Å². The van der Waals surface area contributed by atoms with Crippen LogP contribution in [0.1, 0.15) is 30.4 Å². The zero-order valence-electron chi connectivity index (χ0n) is 18.1. The number of hydrogen-bond donors (Lipinski definition) is 0. The number of ether oxygens (including phenoxy) is 4. The number of fused-ring (bicyclic) bond motifs is 1. The van der Waals surface area contributed by atoms with Gasteiger partial charge in [0.05, 0.1) is 34.3 Å². The zero-order valence-corrected chi connectivity index (χ0v) is 18.9. The number of benzene rings is 3. The van der Waals surface area contributed by atoms with Gasteiger partial charge in [-0.15, -0.1) is 0 Å². The average Bonchev–Trinajstić information content (AvgIpc) is 3.12. The molecule has 2 heterocycles. The molecule has 0 aromatic heterocycles. The van der Waals surface area contributed by atoms with Gasteiger partial charge in [0.25, 0.3) is 0 Å². The van der Waals surface area contributed by atoms with Crippen LogP contribution in [0.15, 0.2) is 71.6 Å². The third kappa shape index (κ3) is 4.51. The summed E-state index contributed by atoms with van der Waals surface area (Å²) < 4.78 is 50.0. The molecule has 3 aromatic rings. The number of rotatable bonds is 6. The van der Waals surface area contributed by atoms with E-state index in [0.717, 1.165) is 19.3 Å². The summed E-state index contributed by atoms with van der Waals surface area (Å²) in [6.07, 6.45) is 2.80. The normalized spacial score (nSPS) is 19.8. The van der Waals surface area contributed by atoms with Crippen LogP contribution < -0.4 is 14.2 Å². The van der Waals surface area contributed by atoms with Gasteiger partial charge in [-0.2, -0.15) is 0 Å². The number of halogens is 1. The highest BCUT2D eigenvalue weighted by Crippen LogP contribution is 2.44. The summed E-state index contributed by atoms with van der Waals surface area (Å²) in [5, 5.41) is 0. The van der Waals surface area contributed by atoms with Crippen LogP contribution in [0.5, 0.6) is 17.2 Å². The molecule has 3 aromatic carbocycles. The molecule has 5 rings (SSSR count). The lowest BCUT2D eigenvalue weighted by molar-refractivity contribution is -0.105. The second-order valence-electron chi connectivity index (χ2n) is 7.78. The van der Waals surface area contributed by atoms with E-state index < -0.39 is 10.8 Å². The van der Waals surface area contributed by atoms with Crippen LogP contribution in [0.4, 0.5) is 4.39 Å². The zero-order chi connectivity index (χ0) is 22.8. The van der Waals surface area contributed by atoms with Crippen LogP contribution in [0.25, 0.3) is 10.7 Å². The molecule has 2 unspecified atom stereocenters. The first-order valence-corrected chi connectivity index (χ1v) is 11.9. The lowest BCUT2D eigenvalue weighted by Gasteiger charge is -2.23. The highest BCUT2D eigenvalue weighted by atomic mass is 32.2. The van der Waals surface area contributed by atoms with Crippen molar-refractivity contribution in [3.8, 4) is 17.2 Å². The van der Waals surface area contributed by atoms with Crippen molar-refractivity contribution >= 4 is 21.5 Å². The van der Waals surface area contributed by atoms with Crippen LogP contribution in [0, 0.1) is 5.82 Å². The largest absolute Gasteiger partial charge is 0.497 e. The van der Waals surface area contributed by atoms with Gasteiger partial charge in [-0.25, -0.2) is 8.60 Å². The molecule has 1 fully saturated rings. The molecule has 33 heavy (non-hydrogen) atoms. The molecular weight excluding hydrogens is 443 g/mol. The van der Waals surface area contributed by atoms with Crippen molar-refractivity contribution < 1.29 is 27.5 Å². The van der Waals surface area contributed by atoms with Crippen molar-refractivity contribution in [2.24, 2.45) is 0 Å². The van der Waals surface area contributed by atoms with Crippen LogP contribution >= 0.6 is 0 Å². The van der Waals surface area contributed by atoms with Crippen molar-refractivity contribution in [2.45, 2.75) is 30.4 Å². The first-order chi connectivity index (χ1) is 16.1. The van der Waals surface area contributed by atoms with E-state index in [0.29, 0.717) is 50.5 Å². The van der Waals surface area contributed by atoms with E-state index in [1.54, 1.807) is 43.5 Å².